The molecule has 0 radical (unpaired) electrons. The molecule has 1 unspecified atom stereocenters. The molecular formula is C18H20N4O3S. The fraction of sp³-hybridized carbons (Fsp3) is 0.444. The number of ether oxygens (including phenoxy) is 1. The Morgan fingerprint density at radius 2 is 2.35 bits per heavy atom. The number of methoxy groups -OCH3 is 1. The number of amides is 1. The van der Waals surface area contributed by atoms with Crippen LogP contribution in [-0.4, -0.2) is 46.2 Å². The number of benzene rings is 1. The van der Waals surface area contributed by atoms with E-state index >= 15 is 0 Å². The molecule has 1 atom stereocenters. The second-order valence-corrected chi connectivity index (χ2v) is 7.16. The molecule has 8 heteroatoms. The van der Waals surface area contributed by atoms with Gasteiger partial charge in [0.25, 0.3) is 5.91 Å². The second-order valence-electron chi connectivity index (χ2n) is 6.31. The molecule has 4 rings (SSSR count). The van der Waals surface area contributed by atoms with E-state index in [-0.39, 0.29) is 11.9 Å². The van der Waals surface area contributed by atoms with Gasteiger partial charge in [-0.2, -0.15) is 4.98 Å². The molecule has 7 nitrogen and oxygen atoms in total. The van der Waals surface area contributed by atoms with Crippen molar-refractivity contribution in [3.05, 3.63) is 41.0 Å². The van der Waals surface area contributed by atoms with Crippen LogP contribution >= 0.6 is 11.3 Å². The topological polar surface area (TPSA) is 81.4 Å². The summed E-state index contributed by atoms with van der Waals surface area (Å²) in [6.45, 7) is 1.23. The van der Waals surface area contributed by atoms with E-state index in [9.17, 15) is 4.79 Å². The molecule has 136 valence electrons. The molecule has 26 heavy (non-hydrogen) atoms. The number of fused-ring (bicyclic) bond motifs is 1. The van der Waals surface area contributed by atoms with Crippen molar-refractivity contribution >= 4 is 27.5 Å². The Balaban J connectivity index is 1.62. The molecule has 1 aliphatic heterocycles. The van der Waals surface area contributed by atoms with Crippen LogP contribution in [0.4, 0.5) is 0 Å². The molecule has 3 heterocycles. The van der Waals surface area contributed by atoms with E-state index < -0.39 is 0 Å². The maximum atomic E-state index is 13.3. The zero-order valence-corrected chi connectivity index (χ0v) is 15.4. The molecular weight excluding hydrogens is 352 g/mol. The number of carbonyl (C=O) groups is 1. The second kappa shape index (κ2) is 7.51. The van der Waals surface area contributed by atoms with Crippen molar-refractivity contribution in [2.75, 3.05) is 20.3 Å². The largest absolute Gasteiger partial charge is 0.384 e. The van der Waals surface area contributed by atoms with Crippen LogP contribution in [0.15, 0.2) is 28.2 Å². The summed E-state index contributed by atoms with van der Waals surface area (Å²) in [4.78, 5) is 23.9. The number of rotatable bonds is 5. The molecule has 1 aliphatic rings. The van der Waals surface area contributed by atoms with Crippen molar-refractivity contribution in [1.82, 2.24) is 20.0 Å². The molecule has 1 saturated heterocycles. The Kier molecular flexibility index (Phi) is 4.94. The van der Waals surface area contributed by atoms with Crippen LogP contribution in [0.25, 0.3) is 10.2 Å². The first-order valence-corrected chi connectivity index (χ1v) is 9.60. The Hall–Kier alpha value is -2.32. The number of likely N-dealkylation sites (tertiary alicyclic amines) is 1. The van der Waals surface area contributed by atoms with Crippen molar-refractivity contribution in [2.45, 2.75) is 31.7 Å². The van der Waals surface area contributed by atoms with E-state index in [1.807, 2.05) is 23.1 Å². The third-order valence-electron chi connectivity index (χ3n) is 4.65. The van der Waals surface area contributed by atoms with Gasteiger partial charge < -0.3 is 14.2 Å². The lowest BCUT2D eigenvalue weighted by Gasteiger charge is -2.33. The molecule has 0 saturated carbocycles. The first-order chi connectivity index (χ1) is 12.8. The molecule has 0 bridgehead atoms. The van der Waals surface area contributed by atoms with Crippen LogP contribution in [0, 0.1) is 0 Å². The Labute approximate surface area is 155 Å². The number of thiazole rings is 1. The number of aromatic nitrogens is 3. The van der Waals surface area contributed by atoms with Gasteiger partial charge in [-0.1, -0.05) is 11.2 Å². The summed E-state index contributed by atoms with van der Waals surface area (Å²) in [6, 6.07) is 5.50. The van der Waals surface area contributed by atoms with Crippen LogP contribution in [0.3, 0.4) is 0 Å². The van der Waals surface area contributed by atoms with E-state index in [4.69, 9.17) is 9.26 Å². The minimum Gasteiger partial charge on any atom is -0.384 e. The summed E-state index contributed by atoms with van der Waals surface area (Å²) in [5.74, 6) is 1.13. The molecule has 3 aromatic rings. The number of hydrogen-bond donors (Lipinski definition) is 0. The van der Waals surface area contributed by atoms with Gasteiger partial charge in [-0.15, -0.1) is 11.3 Å². The van der Waals surface area contributed by atoms with Crippen molar-refractivity contribution < 1.29 is 14.1 Å². The number of hydrogen-bond acceptors (Lipinski definition) is 7. The Morgan fingerprint density at radius 3 is 3.23 bits per heavy atom. The average Bonchev–Trinajstić information content (AvgIpc) is 3.35. The van der Waals surface area contributed by atoms with Crippen molar-refractivity contribution in [3.63, 3.8) is 0 Å². The van der Waals surface area contributed by atoms with Crippen LogP contribution in [0.2, 0.25) is 0 Å². The fourth-order valence-corrected chi connectivity index (χ4v) is 4.13. The van der Waals surface area contributed by atoms with Crippen LogP contribution in [0.5, 0.6) is 0 Å². The van der Waals surface area contributed by atoms with E-state index in [1.54, 1.807) is 12.6 Å². The highest BCUT2D eigenvalue weighted by Gasteiger charge is 2.33. The first-order valence-electron chi connectivity index (χ1n) is 8.72. The van der Waals surface area contributed by atoms with Gasteiger partial charge in [-0.05, 0) is 31.4 Å². The van der Waals surface area contributed by atoms with Gasteiger partial charge in [0.05, 0.1) is 27.9 Å². The lowest BCUT2D eigenvalue weighted by Crippen LogP contribution is -2.38. The number of nitrogens with zero attached hydrogens (tertiary/aromatic N) is 4. The highest BCUT2D eigenvalue weighted by Crippen LogP contribution is 2.33. The van der Waals surface area contributed by atoms with Crippen molar-refractivity contribution in [2.24, 2.45) is 0 Å². The third-order valence-corrected chi connectivity index (χ3v) is 5.52. The van der Waals surface area contributed by atoms with Gasteiger partial charge in [0.15, 0.2) is 5.82 Å². The standard InChI is InChI=1S/C18H20N4O3S/c1-24-10-8-15-20-17(25-21-15)14-7-2-3-9-22(14)18(23)12-5-4-6-13-16(12)26-11-19-13/h4-6,11,14H,2-3,7-10H2,1H3. The molecule has 1 aromatic carbocycles. The van der Waals surface area contributed by atoms with Crippen LogP contribution in [-0.2, 0) is 11.2 Å². The normalized spacial score (nSPS) is 17.7. The zero-order chi connectivity index (χ0) is 17.9. The van der Waals surface area contributed by atoms with Gasteiger partial charge in [0.2, 0.25) is 5.89 Å². The maximum Gasteiger partial charge on any atom is 0.256 e. The summed E-state index contributed by atoms with van der Waals surface area (Å²) < 4.78 is 11.5. The predicted molar refractivity (Wildman–Crippen MR) is 97.1 cm³/mol. The number of piperidine rings is 1. The van der Waals surface area contributed by atoms with Gasteiger partial charge in [0, 0.05) is 20.1 Å². The quantitative estimate of drug-likeness (QED) is 0.684. The van der Waals surface area contributed by atoms with Crippen molar-refractivity contribution in [3.8, 4) is 0 Å². The van der Waals surface area contributed by atoms with Gasteiger partial charge in [-0.25, -0.2) is 4.98 Å². The minimum absolute atomic E-state index is 0.00110. The molecule has 0 aliphatic carbocycles. The predicted octanol–water partition coefficient (Wildman–Crippen LogP) is 3.24. The lowest BCUT2D eigenvalue weighted by molar-refractivity contribution is 0.0563. The van der Waals surface area contributed by atoms with E-state index in [2.05, 4.69) is 15.1 Å². The molecule has 1 fully saturated rings. The summed E-state index contributed by atoms with van der Waals surface area (Å²) in [6.07, 6.45) is 3.44. The average molecular weight is 372 g/mol. The molecule has 0 spiro atoms. The zero-order valence-electron chi connectivity index (χ0n) is 14.6. The minimum atomic E-state index is -0.178. The summed E-state index contributed by atoms with van der Waals surface area (Å²) in [7, 11) is 1.64. The Bertz CT molecular complexity index is 907. The van der Waals surface area contributed by atoms with Crippen molar-refractivity contribution in [1.29, 1.82) is 0 Å². The third kappa shape index (κ3) is 3.22. The first kappa shape index (κ1) is 17.1. The Morgan fingerprint density at radius 1 is 1.42 bits per heavy atom. The SMILES string of the molecule is COCCc1noc(C2CCCCN2C(=O)c2cccc3ncsc23)n1. The van der Waals surface area contributed by atoms with E-state index in [1.165, 1.54) is 11.3 Å². The summed E-state index contributed by atoms with van der Waals surface area (Å²) in [5.41, 5.74) is 3.32. The molecule has 1 amide bonds. The van der Waals surface area contributed by atoms with Gasteiger partial charge >= 0.3 is 0 Å². The van der Waals surface area contributed by atoms with Crippen LogP contribution in [0.1, 0.15) is 47.4 Å². The van der Waals surface area contributed by atoms with Gasteiger partial charge in [0.1, 0.15) is 6.04 Å². The molecule has 0 N–H and O–H groups in total. The number of carbonyl (C=O) groups excluding carboxylic acids is 1. The maximum absolute atomic E-state index is 13.3. The fourth-order valence-electron chi connectivity index (χ4n) is 3.34. The van der Waals surface area contributed by atoms with E-state index in [0.717, 1.165) is 29.5 Å². The summed E-state index contributed by atoms with van der Waals surface area (Å²) >= 11 is 1.49. The highest BCUT2D eigenvalue weighted by atomic mass is 32.1. The molecule has 2 aromatic heterocycles. The van der Waals surface area contributed by atoms with E-state index in [0.29, 0.717) is 36.9 Å². The summed E-state index contributed by atoms with van der Waals surface area (Å²) in [5, 5.41) is 4.03. The highest BCUT2D eigenvalue weighted by molar-refractivity contribution is 7.17. The smallest absolute Gasteiger partial charge is 0.256 e. The van der Waals surface area contributed by atoms with Crippen LogP contribution < -0.4 is 0 Å². The van der Waals surface area contributed by atoms with Gasteiger partial charge in [-0.3, -0.25) is 4.79 Å². The lowest BCUT2D eigenvalue weighted by atomic mass is 10.0. The monoisotopic (exact) mass is 372 g/mol.